The van der Waals surface area contributed by atoms with Gasteiger partial charge in [0.25, 0.3) is 0 Å². The highest BCUT2D eigenvalue weighted by molar-refractivity contribution is 5.92. The first-order valence-electron chi connectivity index (χ1n) is 8.88. The van der Waals surface area contributed by atoms with Crippen LogP contribution in [0.15, 0.2) is 12.7 Å². The zero-order chi connectivity index (χ0) is 20.8. The second kappa shape index (κ2) is 9.38. The zero-order valence-corrected chi connectivity index (χ0v) is 16.3. The van der Waals surface area contributed by atoms with Gasteiger partial charge in [0.15, 0.2) is 0 Å². The van der Waals surface area contributed by atoms with E-state index in [4.69, 9.17) is 4.74 Å². The van der Waals surface area contributed by atoms with Crippen molar-refractivity contribution in [2.75, 3.05) is 13.1 Å². The van der Waals surface area contributed by atoms with Crippen LogP contribution in [0.4, 0.5) is 4.79 Å². The van der Waals surface area contributed by atoms with E-state index in [0.29, 0.717) is 19.4 Å². The highest BCUT2D eigenvalue weighted by Crippen LogP contribution is 2.18. The molecule has 0 aromatic rings. The Labute approximate surface area is 159 Å². The van der Waals surface area contributed by atoms with Gasteiger partial charge in [-0.05, 0) is 33.6 Å². The number of alkyl carbamates (subject to hydrolysis) is 1. The molecule has 27 heavy (non-hydrogen) atoms. The second-order valence-electron chi connectivity index (χ2n) is 7.52. The minimum Gasteiger partial charge on any atom is -0.480 e. The van der Waals surface area contributed by atoms with Crippen molar-refractivity contribution in [2.45, 2.75) is 58.2 Å². The van der Waals surface area contributed by atoms with Crippen LogP contribution in [0.5, 0.6) is 0 Å². The van der Waals surface area contributed by atoms with Gasteiger partial charge in [-0.25, -0.2) is 9.59 Å². The van der Waals surface area contributed by atoms with Gasteiger partial charge in [0.1, 0.15) is 24.2 Å². The standard InChI is InChI=1S/C18H29N3O6/c1-6-11(2)14(16(24)25)20-15(23)12-8-7-9-21(12)13(22)10-19-17(26)27-18(3,4)5/h6,11-12,14H,1,7-10H2,2-5H3,(H,19,26)(H,20,23)(H,24,25)/t11?,12-,14?/m0/s1. The van der Waals surface area contributed by atoms with E-state index in [-0.39, 0.29) is 6.54 Å². The molecular weight excluding hydrogens is 354 g/mol. The lowest BCUT2D eigenvalue weighted by Crippen LogP contribution is -2.53. The van der Waals surface area contributed by atoms with E-state index in [0.717, 1.165) is 0 Å². The van der Waals surface area contributed by atoms with Crippen LogP contribution in [-0.2, 0) is 19.1 Å². The summed E-state index contributed by atoms with van der Waals surface area (Å²) in [6, 6.07) is -1.88. The SMILES string of the molecule is C=CC(C)C(NC(=O)[C@@H]1CCCN1C(=O)CNC(=O)OC(C)(C)C)C(=O)O. The molecule has 1 rings (SSSR count). The number of nitrogens with zero attached hydrogens (tertiary/aromatic N) is 1. The summed E-state index contributed by atoms with van der Waals surface area (Å²) >= 11 is 0. The third-order valence-electron chi connectivity index (χ3n) is 4.12. The maximum absolute atomic E-state index is 12.5. The van der Waals surface area contributed by atoms with Gasteiger partial charge in [0.2, 0.25) is 11.8 Å². The zero-order valence-electron chi connectivity index (χ0n) is 16.3. The molecule has 9 nitrogen and oxygen atoms in total. The van der Waals surface area contributed by atoms with E-state index in [1.807, 2.05) is 0 Å². The first kappa shape index (κ1) is 22.5. The summed E-state index contributed by atoms with van der Waals surface area (Å²) in [7, 11) is 0. The largest absolute Gasteiger partial charge is 0.480 e. The molecule has 3 N–H and O–H groups in total. The van der Waals surface area contributed by atoms with Gasteiger partial charge >= 0.3 is 12.1 Å². The summed E-state index contributed by atoms with van der Waals surface area (Å²) in [6.07, 6.45) is 1.77. The fourth-order valence-corrected chi connectivity index (χ4v) is 2.70. The maximum Gasteiger partial charge on any atom is 0.408 e. The van der Waals surface area contributed by atoms with Gasteiger partial charge in [-0.15, -0.1) is 6.58 Å². The lowest BCUT2D eigenvalue weighted by Gasteiger charge is -2.27. The maximum atomic E-state index is 12.5. The summed E-state index contributed by atoms with van der Waals surface area (Å²) in [5.41, 5.74) is -0.684. The van der Waals surface area contributed by atoms with E-state index in [1.165, 1.54) is 11.0 Å². The summed E-state index contributed by atoms with van der Waals surface area (Å²) in [5.74, 6) is -2.59. The summed E-state index contributed by atoms with van der Waals surface area (Å²) < 4.78 is 5.07. The molecule has 0 spiro atoms. The average molecular weight is 383 g/mol. The Morgan fingerprint density at radius 3 is 2.48 bits per heavy atom. The van der Waals surface area contributed by atoms with E-state index < -0.39 is 47.5 Å². The number of aliphatic carboxylic acids is 1. The topological polar surface area (TPSA) is 125 Å². The average Bonchev–Trinajstić information content (AvgIpc) is 3.04. The Hall–Kier alpha value is -2.58. The van der Waals surface area contributed by atoms with E-state index in [9.17, 15) is 24.3 Å². The van der Waals surface area contributed by atoms with Gasteiger partial charge in [-0.3, -0.25) is 9.59 Å². The van der Waals surface area contributed by atoms with Crippen molar-refractivity contribution in [2.24, 2.45) is 5.92 Å². The number of amides is 3. The first-order chi connectivity index (χ1) is 12.5. The molecule has 1 aliphatic rings. The monoisotopic (exact) mass is 383 g/mol. The number of carboxylic acids is 1. The van der Waals surface area contributed by atoms with Gasteiger partial charge < -0.3 is 25.4 Å². The number of rotatable bonds is 7. The van der Waals surface area contributed by atoms with E-state index in [1.54, 1.807) is 27.7 Å². The lowest BCUT2D eigenvalue weighted by atomic mass is 10.0. The number of carbonyl (C=O) groups excluding carboxylic acids is 3. The van der Waals surface area contributed by atoms with Crippen LogP contribution in [-0.4, -0.2) is 64.7 Å². The Morgan fingerprint density at radius 2 is 1.96 bits per heavy atom. The minimum atomic E-state index is -1.17. The molecule has 9 heteroatoms. The summed E-state index contributed by atoms with van der Waals surface area (Å²) in [4.78, 5) is 49.3. The van der Waals surface area contributed by atoms with Crippen LogP contribution in [0.3, 0.4) is 0 Å². The van der Waals surface area contributed by atoms with Gasteiger partial charge in [0.05, 0.1) is 0 Å². The van der Waals surface area contributed by atoms with E-state index >= 15 is 0 Å². The molecule has 1 saturated heterocycles. The van der Waals surface area contributed by atoms with Crippen LogP contribution in [0.1, 0.15) is 40.5 Å². The number of carboxylic acid groups (broad SMARTS) is 1. The number of hydrogen-bond acceptors (Lipinski definition) is 5. The fourth-order valence-electron chi connectivity index (χ4n) is 2.70. The Morgan fingerprint density at radius 1 is 1.33 bits per heavy atom. The fraction of sp³-hybridized carbons (Fsp3) is 0.667. The third-order valence-corrected chi connectivity index (χ3v) is 4.12. The molecule has 3 atom stereocenters. The molecule has 3 amide bonds. The number of hydrogen-bond donors (Lipinski definition) is 3. The molecule has 1 fully saturated rings. The highest BCUT2D eigenvalue weighted by atomic mass is 16.6. The molecule has 0 aliphatic carbocycles. The van der Waals surface area contributed by atoms with Crippen LogP contribution in [0.2, 0.25) is 0 Å². The second-order valence-corrected chi connectivity index (χ2v) is 7.52. The number of likely N-dealkylation sites (tertiary alicyclic amines) is 1. The Kier molecular flexibility index (Phi) is 7.81. The number of carbonyl (C=O) groups is 4. The molecule has 1 aliphatic heterocycles. The molecule has 0 saturated carbocycles. The quantitative estimate of drug-likeness (QED) is 0.561. The molecule has 2 unspecified atom stereocenters. The molecular formula is C18H29N3O6. The van der Waals surface area contributed by atoms with Gasteiger partial charge in [-0.2, -0.15) is 0 Å². The lowest BCUT2D eigenvalue weighted by molar-refractivity contribution is -0.144. The molecule has 152 valence electrons. The van der Waals surface area contributed by atoms with Crippen LogP contribution < -0.4 is 10.6 Å². The molecule has 1 heterocycles. The van der Waals surface area contributed by atoms with Crippen molar-refractivity contribution in [1.29, 1.82) is 0 Å². The van der Waals surface area contributed by atoms with Crippen LogP contribution in [0.25, 0.3) is 0 Å². The summed E-state index contributed by atoms with van der Waals surface area (Å²) in [6.45, 7) is 10.4. The minimum absolute atomic E-state index is 0.301. The predicted molar refractivity (Wildman–Crippen MR) is 97.9 cm³/mol. The summed E-state index contributed by atoms with van der Waals surface area (Å²) in [5, 5.41) is 14.1. The number of nitrogens with one attached hydrogen (secondary N) is 2. The normalized spacial score (nSPS) is 19.0. The third kappa shape index (κ3) is 6.92. The molecule has 0 aromatic heterocycles. The molecule has 0 bridgehead atoms. The molecule has 0 aromatic carbocycles. The van der Waals surface area contributed by atoms with Gasteiger partial charge in [0, 0.05) is 12.5 Å². The van der Waals surface area contributed by atoms with Crippen LogP contribution in [0, 0.1) is 5.92 Å². The number of ether oxygens (including phenoxy) is 1. The van der Waals surface area contributed by atoms with Gasteiger partial charge in [-0.1, -0.05) is 13.0 Å². The van der Waals surface area contributed by atoms with E-state index in [2.05, 4.69) is 17.2 Å². The van der Waals surface area contributed by atoms with Crippen LogP contribution >= 0.6 is 0 Å². The Bertz CT molecular complexity index is 598. The van der Waals surface area contributed by atoms with Crippen molar-refractivity contribution in [3.05, 3.63) is 12.7 Å². The van der Waals surface area contributed by atoms with Crippen molar-refractivity contribution in [3.8, 4) is 0 Å². The smallest absolute Gasteiger partial charge is 0.408 e. The highest BCUT2D eigenvalue weighted by Gasteiger charge is 2.36. The molecule has 0 radical (unpaired) electrons. The van der Waals surface area contributed by atoms with Crippen molar-refractivity contribution in [3.63, 3.8) is 0 Å². The first-order valence-corrected chi connectivity index (χ1v) is 8.88. The van der Waals surface area contributed by atoms with Crippen molar-refractivity contribution >= 4 is 23.9 Å². The van der Waals surface area contributed by atoms with Crippen molar-refractivity contribution < 1.29 is 29.0 Å². The Balaban J connectivity index is 2.67. The van der Waals surface area contributed by atoms with Crippen molar-refractivity contribution in [1.82, 2.24) is 15.5 Å². The predicted octanol–water partition coefficient (Wildman–Crippen LogP) is 0.894.